The number of thioether (sulfide) groups is 1. The Kier molecular flexibility index (Phi) is 6.10. The number of thiazole rings is 1. The average molecular weight is 244 g/mol. The maximum absolute atomic E-state index is 4.35. The summed E-state index contributed by atoms with van der Waals surface area (Å²) in [6, 6.07) is 0. The van der Waals surface area contributed by atoms with E-state index in [-0.39, 0.29) is 0 Å². The Hall–Kier alpha value is -0.220. The number of rotatable bonds is 7. The van der Waals surface area contributed by atoms with E-state index < -0.39 is 0 Å². The van der Waals surface area contributed by atoms with Crippen LogP contribution < -0.4 is 5.32 Å². The number of nitrogens with zero attached hydrogens (tertiary/aromatic N) is 1. The molecule has 1 aromatic rings. The molecule has 0 amide bonds. The fourth-order valence-electron chi connectivity index (χ4n) is 1.08. The third-order valence-corrected chi connectivity index (χ3v) is 4.33. The molecule has 86 valence electrons. The Morgan fingerprint density at radius 2 is 2.33 bits per heavy atom. The Morgan fingerprint density at radius 1 is 1.53 bits per heavy atom. The SMILES string of the molecule is CCCNc1ncc(CSCC(C)C)s1. The zero-order valence-electron chi connectivity index (χ0n) is 9.75. The molecule has 0 spiro atoms. The van der Waals surface area contributed by atoms with E-state index in [0.29, 0.717) is 0 Å². The van der Waals surface area contributed by atoms with Crippen LogP contribution in [0.5, 0.6) is 0 Å². The number of hydrogen-bond donors (Lipinski definition) is 1. The molecule has 1 rings (SSSR count). The maximum atomic E-state index is 4.35. The summed E-state index contributed by atoms with van der Waals surface area (Å²) in [4.78, 5) is 5.72. The number of nitrogens with one attached hydrogen (secondary N) is 1. The molecule has 0 fully saturated rings. The first-order valence-corrected chi connectivity index (χ1v) is 7.45. The van der Waals surface area contributed by atoms with Gasteiger partial charge in [-0.1, -0.05) is 20.8 Å². The van der Waals surface area contributed by atoms with E-state index in [1.165, 1.54) is 10.6 Å². The van der Waals surface area contributed by atoms with Crippen molar-refractivity contribution in [2.75, 3.05) is 17.6 Å². The minimum absolute atomic E-state index is 0.778. The molecular weight excluding hydrogens is 224 g/mol. The largest absolute Gasteiger partial charge is 0.362 e. The second-order valence-corrected chi connectivity index (χ2v) is 6.11. The Morgan fingerprint density at radius 3 is 3.00 bits per heavy atom. The highest BCUT2D eigenvalue weighted by molar-refractivity contribution is 7.98. The fraction of sp³-hybridized carbons (Fsp3) is 0.727. The van der Waals surface area contributed by atoms with E-state index in [0.717, 1.165) is 29.8 Å². The first kappa shape index (κ1) is 12.8. The highest BCUT2D eigenvalue weighted by atomic mass is 32.2. The molecule has 0 saturated carbocycles. The predicted octanol–water partition coefficient (Wildman–Crippen LogP) is 3.85. The summed E-state index contributed by atoms with van der Waals surface area (Å²) in [5.41, 5.74) is 0. The van der Waals surface area contributed by atoms with Crippen molar-refractivity contribution in [2.24, 2.45) is 5.92 Å². The Labute approximate surface area is 101 Å². The summed E-state index contributed by atoms with van der Waals surface area (Å²) in [7, 11) is 0. The molecule has 0 aromatic carbocycles. The van der Waals surface area contributed by atoms with Crippen LogP contribution in [0.4, 0.5) is 5.13 Å². The predicted molar refractivity (Wildman–Crippen MR) is 71.9 cm³/mol. The van der Waals surface area contributed by atoms with Crippen molar-refractivity contribution >= 4 is 28.2 Å². The first-order valence-electron chi connectivity index (χ1n) is 5.48. The van der Waals surface area contributed by atoms with Gasteiger partial charge in [-0.2, -0.15) is 11.8 Å². The summed E-state index contributed by atoms with van der Waals surface area (Å²) >= 11 is 3.78. The molecule has 1 aromatic heterocycles. The maximum Gasteiger partial charge on any atom is 0.182 e. The molecule has 0 bridgehead atoms. The van der Waals surface area contributed by atoms with Crippen molar-refractivity contribution in [3.8, 4) is 0 Å². The Balaban J connectivity index is 2.26. The van der Waals surface area contributed by atoms with Gasteiger partial charge in [-0.3, -0.25) is 0 Å². The molecule has 2 nitrogen and oxygen atoms in total. The second-order valence-electron chi connectivity index (χ2n) is 3.97. The zero-order chi connectivity index (χ0) is 11.1. The van der Waals surface area contributed by atoms with Crippen molar-refractivity contribution in [1.29, 1.82) is 0 Å². The molecule has 0 aliphatic heterocycles. The number of hydrogen-bond acceptors (Lipinski definition) is 4. The van der Waals surface area contributed by atoms with Gasteiger partial charge < -0.3 is 5.32 Å². The van der Waals surface area contributed by atoms with Crippen LogP contribution in [0, 0.1) is 5.92 Å². The Bertz CT molecular complexity index is 271. The molecule has 0 saturated heterocycles. The van der Waals surface area contributed by atoms with Gasteiger partial charge in [0, 0.05) is 23.4 Å². The minimum Gasteiger partial charge on any atom is -0.362 e. The molecule has 1 N–H and O–H groups in total. The lowest BCUT2D eigenvalue weighted by Crippen LogP contribution is -1.97. The van der Waals surface area contributed by atoms with E-state index in [9.17, 15) is 0 Å². The van der Waals surface area contributed by atoms with Gasteiger partial charge in [0.05, 0.1) is 0 Å². The van der Waals surface area contributed by atoms with Gasteiger partial charge in [0.2, 0.25) is 0 Å². The van der Waals surface area contributed by atoms with Crippen molar-refractivity contribution in [3.63, 3.8) is 0 Å². The summed E-state index contributed by atoms with van der Waals surface area (Å²) in [6.45, 7) is 7.70. The van der Waals surface area contributed by atoms with E-state index in [4.69, 9.17) is 0 Å². The van der Waals surface area contributed by atoms with Gasteiger partial charge in [0.25, 0.3) is 0 Å². The first-order chi connectivity index (χ1) is 7.22. The average Bonchev–Trinajstić information content (AvgIpc) is 2.62. The molecule has 4 heteroatoms. The lowest BCUT2D eigenvalue weighted by molar-refractivity contribution is 0.750. The molecular formula is C11H20N2S2. The number of aromatic nitrogens is 1. The summed E-state index contributed by atoms with van der Waals surface area (Å²) < 4.78 is 0. The van der Waals surface area contributed by atoms with E-state index in [1.54, 1.807) is 11.3 Å². The molecule has 1 heterocycles. The van der Waals surface area contributed by atoms with Gasteiger partial charge >= 0.3 is 0 Å². The summed E-state index contributed by atoms with van der Waals surface area (Å²) in [5, 5.41) is 4.38. The second kappa shape index (κ2) is 7.12. The zero-order valence-corrected chi connectivity index (χ0v) is 11.4. The monoisotopic (exact) mass is 244 g/mol. The molecule has 0 aliphatic rings. The van der Waals surface area contributed by atoms with Crippen LogP contribution >= 0.6 is 23.1 Å². The van der Waals surface area contributed by atoms with Crippen LogP contribution in [-0.4, -0.2) is 17.3 Å². The minimum atomic E-state index is 0.778. The van der Waals surface area contributed by atoms with Crippen molar-refractivity contribution in [2.45, 2.75) is 32.9 Å². The van der Waals surface area contributed by atoms with Crippen LogP contribution in [0.3, 0.4) is 0 Å². The third kappa shape index (κ3) is 5.42. The van der Waals surface area contributed by atoms with Gasteiger partial charge in [-0.05, 0) is 18.1 Å². The van der Waals surface area contributed by atoms with Gasteiger partial charge in [-0.15, -0.1) is 11.3 Å². The quantitative estimate of drug-likeness (QED) is 0.788. The van der Waals surface area contributed by atoms with E-state index in [2.05, 4.69) is 31.1 Å². The van der Waals surface area contributed by atoms with Gasteiger partial charge in [0.1, 0.15) is 0 Å². The highest BCUT2D eigenvalue weighted by Gasteiger charge is 2.02. The lowest BCUT2D eigenvalue weighted by atomic mass is 10.3. The third-order valence-electron chi connectivity index (χ3n) is 1.78. The number of anilines is 1. The summed E-state index contributed by atoms with van der Waals surface area (Å²) in [6.07, 6.45) is 3.15. The van der Waals surface area contributed by atoms with Crippen LogP contribution in [0.25, 0.3) is 0 Å². The van der Waals surface area contributed by atoms with Crippen LogP contribution in [0.2, 0.25) is 0 Å². The van der Waals surface area contributed by atoms with E-state index in [1.807, 2.05) is 18.0 Å². The normalized spacial score (nSPS) is 10.9. The molecule has 0 aliphatic carbocycles. The molecule has 0 radical (unpaired) electrons. The van der Waals surface area contributed by atoms with Crippen molar-refractivity contribution in [1.82, 2.24) is 4.98 Å². The van der Waals surface area contributed by atoms with Gasteiger partial charge in [-0.25, -0.2) is 4.98 Å². The topological polar surface area (TPSA) is 24.9 Å². The smallest absolute Gasteiger partial charge is 0.182 e. The fourth-order valence-corrected chi connectivity index (χ4v) is 3.07. The standard InChI is InChI=1S/C11H20N2S2/c1-4-5-12-11-13-6-10(15-11)8-14-7-9(2)3/h6,9H,4-5,7-8H2,1-3H3,(H,12,13). The van der Waals surface area contributed by atoms with Crippen molar-refractivity contribution in [3.05, 3.63) is 11.1 Å². The van der Waals surface area contributed by atoms with Crippen LogP contribution in [0.1, 0.15) is 32.1 Å². The van der Waals surface area contributed by atoms with Crippen molar-refractivity contribution < 1.29 is 0 Å². The molecule has 0 atom stereocenters. The van der Waals surface area contributed by atoms with Gasteiger partial charge in [0.15, 0.2) is 5.13 Å². The highest BCUT2D eigenvalue weighted by Crippen LogP contribution is 2.23. The lowest BCUT2D eigenvalue weighted by Gasteiger charge is -2.01. The molecule has 0 unspecified atom stereocenters. The van der Waals surface area contributed by atoms with Crippen LogP contribution in [-0.2, 0) is 5.75 Å². The molecule has 15 heavy (non-hydrogen) atoms. The van der Waals surface area contributed by atoms with Crippen LogP contribution in [0.15, 0.2) is 6.20 Å². The van der Waals surface area contributed by atoms with E-state index >= 15 is 0 Å². The summed E-state index contributed by atoms with van der Waals surface area (Å²) in [5.74, 6) is 3.11.